The van der Waals surface area contributed by atoms with Crippen LogP contribution in [0.15, 0.2) is 18.2 Å². The molecule has 1 aromatic rings. The summed E-state index contributed by atoms with van der Waals surface area (Å²) in [6.45, 7) is 1.49. The van der Waals surface area contributed by atoms with Crippen molar-refractivity contribution in [3.05, 3.63) is 29.3 Å². The van der Waals surface area contributed by atoms with Crippen LogP contribution in [0.25, 0.3) is 0 Å². The fraction of sp³-hybridized carbons (Fsp3) is 0.417. The molecule has 0 saturated carbocycles. The second-order valence-corrected chi connectivity index (χ2v) is 3.90. The van der Waals surface area contributed by atoms with Gasteiger partial charge < -0.3 is 15.2 Å². The van der Waals surface area contributed by atoms with Gasteiger partial charge in [-0.1, -0.05) is 6.07 Å². The third-order valence-corrected chi connectivity index (χ3v) is 2.88. The molecule has 1 aliphatic heterocycles. The normalized spacial score (nSPS) is 19.7. The van der Waals surface area contributed by atoms with Gasteiger partial charge in [-0.15, -0.1) is 0 Å². The van der Waals surface area contributed by atoms with Crippen molar-refractivity contribution in [3.8, 4) is 0 Å². The van der Waals surface area contributed by atoms with Crippen LogP contribution in [0.2, 0.25) is 0 Å². The van der Waals surface area contributed by atoms with E-state index >= 15 is 0 Å². The lowest BCUT2D eigenvalue weighted by molar-refractivity contribution is 0.0601. The summed E-state index contributed by atoms with van der Waals surface area (Å²) in [6.07, 6.45) is 0.988. The first kappa shape index (κ1) is 11.0. The number of anilines is 1. The maximum absolute atomic E-state index is 11.3. The highest BCUT2D eigenvalue weighted by atomic mass is 16.5. The molecule has 2 N–H and O–H groups in total. The lowest BCUT2D eigenvalue weighted by atomic mass is 9.95. The minimum Gasteiger partial charge on any atom is -0.465 e. The molecule has 16 heavy (non-hydrogen) atoms. The van der Waals surface area contributed by atoms with Gasteiger partial charge in [0.25, 0.3) is 0 Å². The smallest absolute Gasteiger partial charge is 0.337 e. The molecule has 0 bridgehead atoms. The number of hydrogen-bond acceptors (Lipinski definition) is 4. The van der Waals surface area contributed by atoms with Gasteiger partial charge in [-0.25, -0.2) is 4.79 Å². The first-order chi connectivity index (χ1) is 7.72. The van der Waals surface area contributed by atoms with Crippen molar-refractivity contribution < 1.29 is 14.3 Å². The van der Waals surface area contributed by atoms with Gasteiger partial charge in [0.15, 0.2) is 0 Å². The van der Waals surface area contributed by atoms with E-state index in [2.05, 4.69) is 4.74 Å². The van der Waals surface area contributed by atoms with Gasteiger partial charge in [0.05, 0.1) is 19.3 Å². The van der Waals surface area contributed by atoms with Crippen molar-refractivity contribution >= 4 is 11.7 Å². The summed E-state index contributed by atoms with van der Waals surface area (Å²) in [4.78, 5) is 11.3. The van der Waals surface area contributed by atoms with E-state index in [1.54, 1.807) is 12.1 Å². The molecule has 0 aromatic heterocycles. The van der Waals surface area contributed by atoms with E-state index in [9.17, 15) is 4.79 Å². The molecule has 2 rings (SSSR count). The molecule has 86 valence electrons. The molecular weight excluding hydrogens is 206 g/mol. The number of methoxy groups -OCH3 is 1. The maximum atomic E-state index is 11.3. The van der Waals surface area contributed by atoms with Gasteiger partial charge in [-0.2, -0.15) is 0 Å². The van der Waals surface area contributed by atoms with Gasteiger partial charge in [0.2, 0.25) is 0 Å². The Labute approximate surface area is 94.3 Å². The number of rotatable bonds is 2. The molecule has 0 spiro atoms. The quantitative estimate of drug-likeness (QED) is 0.608. The van der Waals surface area contributed by atoms with Crippen LogP contribution < -0.4 is 5.73 Å². The zero-order valence-electron chi connectivity index (χ0n) is 9.23. The maximum Gasteiger partial charge on any atom is 0.337 e. The van der Waals surface area contributed by atoms with Crippen molar-refractivity contribution in [1.29, 1.82) is 0 Å². The number of carbonyl (C=O) groups is 1. The predicted molar refractivity (Wildman–Crippen MR) is 60.4 cm³/mol. The fourth-order valence-electron chi connectivity index (χ4n) is 1.97. The number of nitrogens with two attached hydrogens (primary N) is 1. The van der Waals surface area contributed by atoms with E-state index in [0.717, 1.165) is 18.6 Å². The van der Waals surface area contributed by atoms with Gasteiger partial charge in [-0.3, -0.25) is 0 Å². The highest BCUT2D eigenvalue weighted by Gasteiger charge is 2.20. The second-order valence-electron chi connectivity index (χ2n) is 3.90. The van der Waals surface area contributed by atoms with Gasteiger partial charge in [-0.05, 0) is 24.1 Å². The largest absolute Gasteiger partial charge is 0.465 e. The Morgan fingerprint density at radius 2 is 2.38 bits per heavy atom. The summed E-state index contributed by atoms with van der Waals surface area (Å²) < 4.78 is 9.96. The number of carbonyl (C=O) groups excluding carboxylic acids is 1. The van der Waals surface area contributed by atoms with Crippen molar-refractivity contribution in [2.45, 2.75) is 12.3 Å². The van der Waals surface area contributed by atoms with Crippen LogP contribution in [0.1, 0.15) is 28.3 Å². The van der Waals surface area contributed by atoms with Crippen LogP contribution in [0.3, 0.4) is 0 Å². The van der Waals surface area contributed by atoms with Crippen LogP contribution in [-0.4, -0.2) is 26.3 Å². The van der Waals surface area contributed by atoms with E-state index in [-0.39, 0.29) is 5.97 Å². The third kappa shape index (κ3) is 2.02. The minimum absolute atomic E-state index is 0.353. The molecule has 1 aromatic carbocycles. The van der Waals surface area contributed by atoms with Gasteiger partial charge in [0, 0.05) is 18.2 Å². The average Bonchev–Trinajstić information content (AvgIpc) is 2.81. The Morgan fingerprint density at radius 1 is 1.56 bits per heavy atom. The first-order valence-corrected chi connectivity index (χ1v) is 5.28. The number of nitrogen functional groups attached to an aromatic ring is 1. The molecule has 1 fully saturated rings. The highest BCUT2D eigenvalue weighted by Crippen LogP contribution is 2.30. The highest BCUT2D eigenvalue weighted by molar-refractivity contribution is 5.90. The summed E-state index contributed by atoms with van der Waals surface area (Å²) in [5.41, 5.74) is 8.12. The van der Waals surface area contributed by atoms with Crippen molar-refractivity contribution in [2.24, 2.45) is 0 Å². The Hall–Kier alpha value is -1.55. The Kier molecular flexibility index (Phi) is 3.10. The molecule has 0 radical (unpaired) electrons. The summed E-state index contributed by atoms with van der Waals surface area (Å²) in [6, 6.07) is 5.30. The van der Waals surface area contributed by atoms with E-state index < -0.39 is 0 Å². The predicted octanol–water partition coefficient (Wildman–Crippen LogP) is 1.56. The van der Waals surface area contributed by atoms with Gasteiger partial charge >= 0.3 is 5.97 Å². The second kappa shape index (κ2) is 4.53. The lowest BCUT2D eigenvalue weighted by Gasteiger charge is -2.12. The number of esters is 1. The lowest BCUT2D eigenvalue weighted by Crippen LogP contribution is -2.06. The fourth-order valence-corrected chi connectivity index (χ4v) is 1.97. The zero-order valence-corrected chi connectivity index (χ0v) is 9.23. The summed E-state index contributed by atoms with van der Waals surface area (Å²) >= 11 is 0. The van der Waals surface area contributed by atoms with Crippen LogP contribution in [0.4, 0.5) is 5.69 Å². The van der Waals surface area contributed by atoms with Crippen LogP contribution >= 0.6 is 0 Å². The molecule has 1 saturated heterocycles. The summed E-state index contributed by atoms with van der Waals surface area (Å²) in [5, 5.41) is 0. The molecule has 1 aliphatic rings. The Morgan fingerprint density at radius 3 is 2.94 bits per heavy atom. The summed E-state index contributed by atoms with van der Waals surface area (Å²) in [5.74, 6) is -0.00683. The van der Waals surface area contributed by atoms with E-state index in [0.29, 0.717) is 23.8 Å². The SMILES string of the molecule is COC(=O)c1ccc(C2CCOC2)c(N)c1. The number of hydrogen-bond donors (Lipinski definition) is 1. The van der Waals surface area contributed by atoms with E-state index in [1.807, 2.05) is 6.07 Å². The van der Waals surface area contributed by atoms with E-state index in [4.69, 9.17) is 10.5 Å². The Balaban J connectivity index is 2.25. The monoisotopic (exact) mass is 221 g/mol. The standard InChI is InChI=1S/C12H15NO3/c1-15-12(14)8-2-3-10(11(13)6-8)9-4-5-16-7-9/h2-3,6,9H,4-5,7,13H2,1H3. The van der Waals surface area contributed by atoms with Crippen LogP contribution in [-0.2, 0) is 9.47 Å². The van der Waals surface area contributed by atoms with E-state index in [1.165, 1.54) is 7.11 Å². The molecule has 0 amide bonds. The molecule has 1 heterocycles. The Bertz CT molecular complexity index is 397. The van der Waals surface area contributed by atoms with Crippen molar-refractivity contribution in [1.82, 2.24) is 0 Å². The molecule has 4 heteroatoms. The number of ether oxygens (including phenoxy) is 2. The van der Waals surface area contributed by atoms with Gasteiger partial charge in [0.1, 0.15) is 0 Å². The molecular formula is C12H15NO3. The van der Waals surface area contributed by atoms with Crippen LogP contribution in [0.5, 0.6) is 0 Å². The van der Waals surface area contributed by atoms with Crippen LogP contribution in [0, 0.1) is 0 Å². The molecule has 1 atom stereocenters. The average molecular weight is 221 g/mol. The first-order valence-electron chi connectivity index (χ1n) is 5.28. The van der Waals surface area contributed by atoms with Crippen molar-refractivity contribution in [2.75, 3.05) is 26.1 Å². The topological polar surface area (TPSA) is 61.5 Å². The minimum atomic E-state index is -0.360. The zero-order chi connectivity index (χ0) is 11.5. The third-order valence-electron chi connectivity index (χ3n) is 2.88. The van der Waals surface area contributed by atoms with Crippen molar-refractivity contribution in [3.63, 3.8) is 0 Å². The molecule has 1 unspecified atom stereocenters. The molecule has 4 nitrogen and oxygen atoms in total. The molecule has 0 aliphatic carbocycles. The number of benzene rings is 1. The summed E-state index contributed by atoms with van der Waals surface area (Å²) in [7, 11) is 1.36.